The second kappa shape index (κ2) is 11.3. The van der Waals surface area contributed by atoms with Gasteiger partial charge in [-0.15, -0.1) is 0 Å². The Morgan fingerprint density at radius 2 is 0.894 bits per heavy atom. The normalized spacial score (nSPS) is 16.5. The summed E-state index contributed by atoms with van der Waals surface area (Å²) in [5.74, 6) is -0.269. The van der Waals surface area contributed by atoms with Crippen LogP contribution < -0.4 is 0 Å². The van der Waals surface area contributed by atoms with Crippen molar-refractivity contribution < 1.29 is 27.7 Å². The van der Waals surface area contributed by atoms with Crippen LogP contribution in [0.2, 0.25) is 0 Å². The smallest absolute Gasteiger partial charge is 0.143 e. The summed E-state index contributed by atoms with van der Waals surface area (Å²) in [7, 11) is 0. The number of hydrogen-bond acceptors (Lipinski definition) is 1. The van der Waals surface area contributed by atoms with E-state index in [-0.39, 0.29) is 77.2 Å². The maximum atomic E-state index is 9.58. The van der Waals surface area contributed by atoms with Crippen molar-refractivity contribution in [3.63, 3.8) is 0 Å². The molecular formula is C46H30O. The fraction of sp³-hybridized carbons (Fsp3) is 0. The van der Waals surface area contributed by atoms with Crippen LogP contribution >= 0.6 is 0 Å². The molecule has 0 atom stereocenters. The molecule has 9 aromatic rings. The zero-order valence-corrected chi connectivity index (χ0v) is 24.4. The van der Waals surface area contributed by atoms with Gasteiger partial charge in [0, 0.05) is 22.1 Å². The largest absolute Gasteiger partial charge is 0.455 e. The van der Waals surface area contributed by atoms with E-state index in [1.165, 1.54) is 18.2 Å². The zero-order valence-electron chi connectivity index (χ0n) is 41.4. The lowest BCUT2D eigenvalue weighted by molar-refractivity contribution is 0.633. The van der Waals surface area contributed by atoms with E-state index in [1.807, 2.05) is 0 Å². The van der Waals surface area contributed by atoms with Crippen LogP contribution in [0.1, 0.15) is 23.3 Å². The van der Waals surface area contributed by atoms with Crippen molar-refractivity contribution in [2.75, 3.05) is 0 Å². The van der Waals surface area contributed by atoms with E-state index in [4.69, 9.17) is 19.5 Å². The van der Waals surface area contributed by atoms with Gasteiger partial charge in [0.15, 0.2) is 0 Å². The Morgan fingerprint density at radius 3 is 1.53 bits per heavy atom. The molecule has 0 spiro atoms. The first-order valence-electron chi connectivity index (χ1n) is 23.2. The van der Waals surface area contributed by atoms with E-state index < -0.39 is 103 Å². The van der Waals surface area contributed by atoms with Crippen molar-refractivity contribution in [1.29, 1.82) is 0 Å². The van der Waals surface area contributed by atoms with Gasteiger partial charge >= 0.3 is 0 Å². The molecule has 0 aliphatic heterocycles. The van der Waals surface area contributed by atoms with E-state index in [2.05, 4.69) is 0 Å². The van der Waals surface area contributed by atoms with Gasteiger partial charge in [0.1, 0.15) is 11.3 Å². The minimum atomic E-state index is -0.682. The highest BCUT2D eigenvalue weighted by Gasteiger charge is 2.25. The van der Waals surface area contributed by atoms with Gasteiger partial charge in [-0.25, -0.2) is 0 Å². The number of furan rings is 1. The fourth-order valence-corrected chi connectivity index (χ4v) is 6.14. The molecular weight excluding hydrogens is 569 g/mol. The third kappa shape index (κ3) is 4.56. The maximum Gasteiger partial charge on any atom is 0.143 e. The van der Waals surface area contributed by atoms with Crippen LogP contribution in [0.15, 0.2) is 186 Å². The van der Waals surface area contributed by atoms with Crippen LogP contribution in [0, 0.1) is 0 Å². The van der Waals surface area contributed by atoms with E-state index in [0.29, 0.717) is 11.1 Å². The molecule has 220 valence electrons. The average molecular weight is 616 g/mol. The summed E-state index contributed by atoms with van der Waals surface area (Å²) in [5.41, 5.74) is 0.159. The topological polar surface area (TPSA) is 13.1 Å². The summed E-state index contributed by atoms with van der Waals surface area (Å²) in [6.45, 7) is 0. The van der Waals surface area contributed by atoms with Crippen molar-refractivity contribution >= 4 is 32.5 Å². The van der Waals surface area contributed by atoms with Crippen LogP contribution in [0.4, 0.5) is 0 Å². The quantitative estimate of drug-likeness (QED) is 0.176. The lowest BCUT2D eigenvalue weighted by atomic mass is 9.84. The Kier molecular flexibility index (Phi) is 3.60. The first-order chi connectivity index (χ1) is 30.4. The molecule has 0 fully saturated rings. The summed E-state index contributed by atoms with van der Waals surface area (Å²) in [6, 6.07) is 10.9. The monoisotopic (exact) mass is 615 g/mol. The molecule has 1 aromatic heterocycles. The van der Waals surface area contributed by atoms with Crippen molar-refractivity contribution in [3.8, 4) is 55.8 Å². The van der Waals surface area contributed by atoms with Crippen LogP contribution in [0.3, 0.4) is 0 Å². The van der Waals surface area contributed by atoms with Crippen molar-refractivity contribution in [2.24, 2.45) is 0 Å². The summed E-state index contributed by atoms with van der Waals surface area (Å²) in [4.78, 5) is 0. The number of rotatable bonds is 5. The average Bonchev–Trinajstić information content (AvgIpc) is 3.67. The van der Waals surface area contributed by atoms with Gasteiger partial charge in [0.25, 0.3) is 0 Å². The third-order valence-electron chi connectivity index (χ3n) is 8.14. The highest BCUT2D eigenvalue weighted by Crippen LogP contribution is 2.51. The summed E-state index contributed by atoms with van der Waals surface area (Å²) in [6.07, 6.45) is 0. The SMILES string of the molecule is [2H]c1c([2H])c([2H])c(-c2ccc3oc(-c4c([2H])c([2H])c([2H])c([2H])c4-c4ccccc4)c(-c4c5c([2H])c([2H])c([2H])c([2H])c5c(-c5ccccc5)c5c([2H])c([2H])c([2H])c([2H])c45)c3c2)c([2H])c1[2H]. The molecule has 1 heterocycles. The lowest BCUT2D eigenvalue weighted by Crippen LogP contribution is -1.92. The molecule has 1 heteroatoms. The molecule has 0 radical (unpaired) electrons. The van der Waals surface area contributed by atoms with E-state index in [0.717, 1.165) is 0 Å². The molecule has 8 aromatic carbocycles. The number of fused-ring (bicyclic) bond motifs is 3. The molecule has 0 saturated carbocycles. The molecule has 0 N–H and O–H groups in total. The molecule has 0 aliphatic carbocycles. The Bertz CT molecular complexity index is 3400. The first kappa shape index (κ1) is 14.9. The molecule has 1 nitrogen and oxygen atoms in total. The molecule has 9 rings (SSSR count). The Morgan fingerprint density at radius 1 is 0.362 bits per heavy atom. The van der Waals surface area contributed by atoms with E-state index in [9.17, 15) is 8.22 Å². The Hall–Kier alpha value is -6.18. The Labute approximate surface area is 297 Å². The predicted molar refractivity (Wildman–Crippen MR) is 198 cm³/mol. The minimum Gasteiger partial charge on any atom is -0.455 e. The summed E-state index contributed by atoms with van der Waals surface area (Å²) < 4.78 is 159. The summed E-state index contributed by atoms with van der Waals surface area (Å²) in [5, 5.41) is -0.598. The van der Waals surface area contributed by atoms with Gasteiger partial charge in [-0.05, 0) is 67.1 Å². The second-order valence-corrected chi connectivity index (χ2v) is 10.7. The summed E-state index contributed by atoms with van der Waals surface area (Å²) >= 11 is 0. The van der Waals surface area contributed by atoms with Gasteiger partial charge in [0.05, 0.1) is 23.3 Å². The van der Waals surface area contributed by atoms with Crippen LogP contribution in [-0.2, 0) is 0 Å². The van der Waals surface area contributed by atoms with Gasteiger partial charge in [-0.3, -0.25) is 0 Å². The van der Waals surface area contributed by atoms with Crippen LogP contribution in [0.5, 0.6) is 0 Å². The third-order valence-corrected chi connectivity index (χ3v) is 8.14. The first-order valence-corrected chi connectivity index (χ1v) is 14.7. The van der Waals surface area contributed by atoms with Crippen molar-refractivity contribution in [3.05, 3.63) is 182 Å². The van der Waals surface area contributed by atoms with Gasteiger partial charge < -0.3 is 4.42 Å². The molecule has 0 amide bonds. The van der Waals surface area contributed by atoms with Crippen molar-refractivity contribution in [2.45, 2.75) is 0 Å². The highest BCUT2D eigenvalue weighted by atomic mass is 16.3. The van der Waals surface area contributed by atoms with Gasteiger partial charge in [0.2, 0.25) is 0 Å². The standard InChI is InChI=1S/C46H30O/c1-4-16-31(17-5-1)34-28-29-42-41(30-34)45(46(47-42)40-27-15-10-22-35(40)32-18-6-2-7-19-32)44-38-25-13-11-23-36(38)43(33-20-8-3-9-21-33)37-24-12-14-26-39(37)44/h1-30H/i1D,4D,5D,10D,11D,12D,13D,14D,15D,16D,17D,22D,23D,24D,25D,26D,27D. The van der Waals surface area contributed by atoms with Crippen molar-refractivity contribution in [1.82, 2.24) is 0 Å². The molecule has 47 heavy (non-hydrogen) atoms. The number of benzene rings is 8. The molecule has 0 aliphatic rings. The fourth-order valence-electron chi connectivity index (χ4n) is 6.14. The predicted octanol–water partition coefficient (Wildman–Crippen LogP) is 13.1. The van der Waals surface area contributed by atoms with E-state index >= 15 is 0 Å². The molecule has 0 saturated heterocycles. The minimum absolute atomic E-state index is 0.0163. The zero-order chi connectivity index (χ0) is 46.0. The van der Waals surface area contributed by atoms with Crippen LogP contribution in [0.25, 0.3) is 88.3 Å². The van der Waals surface area contributed by atoms with Gasteiger partial charge in [-0.2, -0.15) is 0 Å². The van der Waals surface area contributed by atoms with Crippen LogP contribution in [-0.4, -0.2) is 0 Å². The van der Waals surface area contributed by atoms with E-state index in [1.54, 1.807) is 60.7 Å². The highest BCUT2D eigenvalue weighted by molar-refractivity contribution is 6.25. The number of hydrogen-bond donors (Lipinski definition) is 0. The van der Waals surface area contributed by atoms with Gasteiger partial charge in [-0.1, -0.05) is 169 Å². The molecule has 0 bridgehead atoms. The maximum absolute atomic E-state index is 9.58. The second-order valence-electron chi connectivity index (χ2n) is 10.7. The molecule has 0 unspecified atom stereocenters. The lowest BCUT2D eigenvalue weighted by Gasteiger charge is -2.18. The Balaban J connectivity index is 1.63.